The summed E-state index contributed by atoms with van der Waals surface area (Å²) in [5, 5.41) is 11.0. The Labute approximate surface area is 80.2 Å². The number of ether oxygens (including phenoxy) is 1. The zero-order chi connectivity index (χ0) is 10.7. The second-order valence-electron chi connectivity index (χ2n) is 3.08. The second kappa shape index (κ2) is 4.08. The van der Waals surface area contributed by atoms with E-state index in [9.17, 15) is 14.4 Å². The largest absolute Gasteiger partial charge is 0.481 e. The standard InChI is InChI=1S/C8H11NO5/c1-2-4(6(10)11)3-5-7(12)14-8(13)9-5/h4-5H,2-3H2,1H3,(H,9,13)(H,10,11)/t4?,5-/m0/s1. The number of carboxylic acid groups (broad SMARTS) is 1. The number of cyclic esters (lactones) is 2. The van der Waals surface area contributed by atoms with Crippen molar-refractivity contribution < 1.29 is 24.2 Å². The highest BCUT2D eigenvalue weighted by Gasteiger charge is 2.35. The molecule has 0 aromatic carbocycles. The van der Waals surface area contributed by atoms with Crippen LogP contribution in [0.2, 0.25) is 0 Å². The molecule has 78 valence electrons. The minimum absolute atomic E-state index is 0.0798. The maximum atomic E-state index is 11.0. The smallest absolute Gasteiger partial charge is 0.415 e. The fraction of sp³-hybridized carbons (Fsp3) is 0.625. The van der Waals surface area contributed by atoms with Crippen LogP contribution in [0.3, 0.4) is 0 Å². The van der Waals surface area contributed by atoms with Crippen LogP contribution in [0.5, 0.6) is 0 Å². The van der Waals surface area contributed by atoms with Gasteiger partial charge in [0, 0.05) is 0 Å². The van der Waals surface area contributed by atoms with Gasteiger partial charge in [-0.3, -0.25) is 4.79 Å². The molecule has 0 spiro atoms. The summed E-state index contributed by atoms with van der Waals surface area (Å²) in [4.78, 5) is 32.2. The lowest BCUT2D eigenvalue weighted by molar-refractivity contribution is -0.142. The Morgan fingerprint density at radius 1 is 1.64 bits per heavy atom. The molecule has 1 unspecified atom stereocenters. The predicted octanol–water partition coefficient (Wildman–Crippen LogP) is 0.122. The molecular weight excluding hydrogens is 190 g/mol. The average molecular weight is 201 g/mol. The van der Waals surface area contributed by atoms with Crippen molar-refractivity contribution in [1.82, 2.24) is 5.32 Å². The van der Waals surface area contributed by atoms with Crippen molar-refractivity contribution in [2.45, 2.75) is 25.8 Å². The van der Waals surface area contributed by atoms with Crippen molar-refractivity contribution in [1.29, 1.82) is 0 Å². The SMILES string of the molecule is CCC(C[C@@H]1NC(=O)OC1=O)C(=O)O. The third-order valence-electron chi connectivity index (χ3n) is 2.13. The number of nitrogens with one attached hydrogen (secondary N) is 1. The average Bonchev–Trinajstić information content (AvgIpc) is 2.40. The fourth-order valence-electron chi connectivity index (χ4n) is 1.27. The molecule has 0 aliphatic carbocycles. The second-order valence-corrected chi connectivity index (χ2v) is 3.08. The van der Waals surface area contributed by atoms with Gasteiger partial charge in [-0.2, -0.15) is 0 Å². The van der Waals surface area contributed by atoms with Crippen molar-refractivity contribution in [3.8, 4) is 0 Å². The molecule has 1 fully saturated rings. The highest BCUT2D eigenvalue weighted by molar-refractivity contribution is 5.95. The van der Waals surface area contributed by atoms with Crippen LogP contribution < -0.4 is 5.32 Å². The van der Waals surface area contributed by atoms with Crippen LogP contribution in [0.4, 0.5) is 4.79 Å². The van der Waals surface area contributed by atoms with E-state index < -0.39 is 30.0 Å². The van der Waals surface area contributed by atoms with Gasteiger partial charge in [0.2, 0.25) is 0 Å². The normalized spacial score (nSPS) is 22.8. The van der Waals surface area contributed by atoms with E-state index in [4.69, 9.17) is 5.11 Å². The molecule has 1 saturated heterocycles. The molecule has 0 bridgehead atoms. The molecule has 0 radical (unpaired) electrons. The zero-order valence-electron chi connectivity index (χ0n) is 7.65. The summed E-state index contributed by atoms with van der Waals surface area (Å²) in [6, 6.07) is -0.816. The number of carbonyl (C=O) groups is 3. The third-order valence-corrected chi connectivity index (χ3v) is 2.13. The molecule has 1 rings (SSSR count). The lowest BCUT2D eigenvalue weighted by Crippen LogP contribution is -2.33. The van der Waals surface area contributed by atoms with Crippen LogP contribution in [0.1, 0.15) is 19.8 Å². The molecule has 14 heavy (non-hydrogen) atoms. The number of carbonyl (C=O) groups excluding carboxylic acids is 2. The van der Waals surface area contributed by atoms with Crippen LogP contribution in [0.25, 0.3) is 0 Å². The van der Waals surface area contributed by atoms with E-state index >= 15 is 0 Å². The summed E-state index contributed by atoms with van der Waals surface area (Å²) >= 11 is 0. The summed E-state index contributed by atoms with van der Waals surface area (Å²) in [7, 11) is 0. The summed E-state index contributed by atoms with van der Waals surface area (Å²) in [6.45, 7) is 1.71. The molecule has 1 aliphatic rings. The monoisotopic (exact) mass is 201 g/mol. The Bertz CT molecular complexity index is 275. The molecule has 0 aromatic rings. The number of rotatable bonds is 4. The van der Waals surface area contributed by atoms with Crippen LogP contribution >= 0.6 is 0 Å². The number of alkyl carbamates (subject to hydrolysis) is 1. The highest BCUT2D eigenvalue weighted by atomic mass is 16.6. The molecule has 1 heterocycles. The molecule has 2 N–H and O–H groups in total. The van der Waals surface area contributed by atoms with E-state index in [2.05, 4.69) is 10.1 Å². The van der Waals surface area contributed by atoms with E-state index in [1.54, 1.807) is 6.92 Å². The van der Waals surface area contributed by atoms with Crippen LogP contribution in [0, 0.1) is 5.92 Å². The van der Waals surface area contributed by atoms with Crippen LogP contribution in [-0.4, -0.2) is 29.2 Å². The number of hydrogen-bond donors (Lipinski definition) is 2. The van der Waals surface area contributed by atoms with E-state index in [0.29, 0.717) is 6.42 Å². The van der Waals surface area contributed by atoms with Gasteiger partial charge in [-0.05, 0) is 12.8 Å². The number of carboxylic acids is 1. The Balaban J connectivity index is 2.55. The number of hydrogen-bond acceptors (Lipinski definition) is 4. The van der Waals surface area contributed by atoms with Crippen molar-refractivity contribution in [2.75, 3.05) is 0 Å². The highest BCUT2D eigenvalue weighted by Crippen LogP contribution is 2.15. The summed E-state index contributed by atoms with van der Waals surface area (Å²) in [5.41, 5.74) is 0. The molecule has 0 saturated carbocycles. The van der Waals surface area contributed by atoms with Gasteiger partial charge in [0.1, 0.15) is 6.04 Å². The van der Waals surface area contributed by atoms with Crippen LogP contribution in [-0.2, 0) is 14.3 Å². The lowest BCUT2D eigenvalue weighted by atomic mass is 9.98. The Morgan fingerprint density at radius 3 is 2.64 bits per heavy atom. The molecule has 1 aliphatic heterocycles. The molecular formula is C8H11NO5. The minimum Gasteiger partial charge on any atom is -0.481 e. The maximum absolute atomic E-state index is 11.0. The number of aliphatic carboxylic acids is 1. The first-order valence-corrected chi connectivity index (χ1v) is 4.29. The third kappa shape index (κ3) is 2.21. The fourth-order valence-corrected chi connectivity index (χ4v) is 1.27. The maximum Gasteiger partial charge on any atom is 0.415 e. The van der Waals surface area contributed by atoms with E-state index in [-0.39, 0.29) is 6.42 Å². The Hall–Kier alpha value is -1.59. The lowest BCUT2D eigenvalue weighted by Gasteiger charge is -2.11. The van der Waals surface area contributed by atoms with Crippen molar-refractivity contribution in [3.63, 3.8) is 0 Å². The van der Waals surface area contributed by atoms with Crippen molar-refractivity contribution in [3.05, 3.63) is 0 Å². The van der Waals surface area contributed by atoms with Gasteiger partial charge in [0.05, 0.1) is 5.92 Å². The molecule has 1 amide bonds. The Kier molecular flexibility index (Phi) is 3.06. The van der Waals surface area contributed by atoms with Crippen LogP contribution in [0.15, 0.2) is 0 Å². The van der Waals surface area contributed by atoms with E-state index in [1.807, 2.05) is 0 Å². The van der Waals surface area contributed by atoms with Gasteiger partial charge in [-0.15, -0.1) is 0 Å². The summed E-state index contributed by atoms with van der Waals surface area (Å²) in [5.74, 6) is -2.30. The Morgan fingerprint density at radius 2 is 2.29 bits per heavy atom. The number of amides is 1. The van der Waals surface area contributed by atoms with Gasteiger partial charge >= 0.3 is 18.0 Å². The summed E-state index contributed by atoms with van der Waals surface area (Å²) in [6.07, 6.45) is -0.314. The van der Waals surface area contributed by atoms with E-state index in [1.165, 1.54) is 0 Å². The first-order chi connectivity index (χ1) is 6.54. The topological polar surface area (TPSA) is 92.7 Å². The van der Waals surface area contributed by atoms with Gasteiger partial charge in [0.15, 0.2) is 0 Å². The minimum atomic E-state index is -0.971. The van der Waals surface area contributed by atoms with Gasteiger partial charge in [0.25, 0.3) is 0 Å². The van der Waals surface area contributed by atoms with Gasteiger partial charge in [-0.1, -0.05) is 6.92 Å². The quantitative estimate of drug-likeness (QED) is 0.498. The van der Waals surface area contributed by atoms with Crippen molar-refractivity contribution >= 4 is 18.0 Å². The predicted molar refractivity (Wildman–Crippen MR) is 44.4 cm³/mol. The summed E-state index contributed by atoms with van der Waals surface area (Å²) < 4.78 is 4.22. The first-order valence-electron chi connectivity index (χ1n) is 4.29. The molecule has 0 aromatic heterocycles. The molecule has 6 heteroatoms. The molecule has 6 nitrogen and oxygen atoms in total. The number of esters is 1. The van der Waals surface area contributed by atoms with E-state index in [0.717, 1.165) is 0 Å². The zero-order valence-corrected chi connectivity index (χ0v) is 7.65. The van der Waals surface area contributed by atoms with Gasteiger partial charge in [-0.25, -0.2) is 9.59 Å². The first kappa shape index (κ1) is 10.5. The van der Waals surface area contributed by atoms with Gasteiger partial charge < -0.3 is 15.2 Å². The molecule has 2 atom stereocenters. The van der Waals surface area contributed by atoms with Crippen molar-refractivity contribution in [2.24, 2.45) is 5.92 Å².